The van der Waals surface area contributed by atoms with E-state index in [4.69, 9.17) is 10.5 Å². The molecule has 0 aliphatic heterocycles. The molecule has 0 aliphatic carbocycles. The lowest BCUT2D eigenvalue weighted by atomic mass is 10.2. The van der Waals surface area contributed by atoms with Crippen LogP contribution in [0.1, 0.15) is 5.56 Å². The van der Waals surface area contributed by atoms with E-state index in [-0.39, 0.29) is 12.3 Å². The van der Waals surface area contributed by atoms with Crippen LogP contribution in [0.15, 0.2) is 54.6 Å². The smallest absolute Gasteiger partial charge is 0.255 e. The Balaban J connectivity index is 1.93. The fourth-order valence-corrected chi connectivity index (χ4v) is 1.74. The molecule has 2 amide bonds. The molecule has 0 atom stereocenters. The zero-order chi connectivity index (χ0) is 16.7. The molecule has 23 heavy (non-hydrogen) atoms. The third-order valence-corrected chi connectivity index (χ3v) is 2.82. The van der Waals surface area contributed by atoms with Crippen LogP contribution in [0.4, 0.5) is 10.1 Å². The van der Waals surface area contributed by atoms with Crippen molar-refractivity contribution in [2.75, 3.05) is 11.9 Å². The summed E-state index contributed by atoms with van der Waals surface area (Å²) in [6.07, 6.45) is 2.87. The lowest BCUT2D eigenvalue weighted by Gasteiger charge is -2.04. The molecule has 2 aromatic carbocycles. The molecule has 6 heteroatoms. The number of hydrogen-bond acceptors (Lipinski definition) is 3. The summed E-state index contributed by atoms with van der Waals surface area (Å²) in [6, 6.07) is 12.6. The monoisotopic (exact) mass is 314 g/mol. The van der Waals surface area contributed by atoms with Gasteiger partial charge in [-0.05, 0) is 35.9 Å². The predicted molar refractivity (Wildman–Crippen MR) is 85.2 cm³/mol. The number of para-hydroxylation sites is 1. The van der Waals surface area contributed by atoms with Gasteiger partial charge in [-0.2, -0.15) is 0 Å². The molecule has 2 aromatic rings. The second kappa shape index (κ2) is 7.74. The lowest BCUT2D eigenvalue weighted by Crippen LogP contribution is -2.19. The van der Waals surface area contributed by atoms with Crippen LogP contribution in [0, 0.1) is 5.82 Å². The number of rotatable bonds is 6. The number of carbonyl (C=O) groups excluding carboxylic acids is 2. The Morgan fingerprint density at radius 2 is 1.83 bits per heavy atom. The van der Waals surface area contributed by atoms with Gasteiger partial charge in [0.05, 0.1) is 5.69 Å². The molecule has 0 fully saturated rings. The summed E-state index contributed by atoms with van der Waals surface area (Å²) in [5.41, 5.74) is 5.85. The number of nitrogens with one attached hydrogen (secondary N) is 1. The molecule has 0 spiro atoms. The van der Waals surface area contributed by atoms with E-state index >= 15 is 0 Å². The Labute approximate surface area is 132 Å². The first-order chi connectivity index (χ1) is 11.0. The van der Waals surface area contributed by atoms with Gasteiger partial charge in [0.2, 0.25) is 5.91 Å². The van der Waals surface area contributed by atoms with Gasteiger partial charge in [0, 0.05) is 6.08 Å². The number of nitrogens with two attached hydrogens (primary N) is 1. The highest BCUT2D eigenvalue weighted by Crippen LogP contribution is 2.14. The molecule has 0 heterocycles. The average Bonchev–Trinajstić information content (AvgIpc) is 2.54. The Hall–Kier alpha value is -3.15. The summed E-state index contributed by atoms with van der Waals surface area (Å²) in [5, 5.41) is 2.45. The summed E-state index contributed by atoms with van der Waals surface area (Å²) in [4.78, 5) is 22.3. The van der Waals surface area contributed by atoms with E-state index in [1.54, 1.807) is 42.5 Å². The zero-order valence-corrected chi connectivity index (χ0v) is 12.2. The molecule has 3 N–H and O–H groups in total. The van der Waals surface area contributed by atoms with E-state index in [0.29, 0.717) is 5.75 Å². The summed E-state index contributed by atoms with van der Waals surface area (Å²) >= 11 is 0. The third-order valence-electron chi connectivity index (χ3n) is 2.82. The van der Waals surface area contributed by atoms with Gasteiger partial charge >= 0.3 is 0 Å². The Morgan fingerprint density at radius 3 is 2.48 bits per heavy atom. The molecule has 118 valence electrons. The molecule has 0 saturated carbocycles. The lowest BCUT2D eigenvalue weighted by molar-refractivity contribution is -0.120. The number of halogens is 1. The van der Waals surface area contributed by atoms with Crippen LogP contribution in [-0.4, -0.2) is 18.4 Å². The van der Waals surface area contributed by atoms with Crippen molar-refractivity contribution in [1.82, 2.24) is 0 Å². The number of benzene rings is 2. The summed E-state index contributed by atoms with van der Waals surface area (Å²) < 4.78 is 18.5. The summed E-state index contributed by atoms with van der Waals surface area (Å²) in [7, 11) is 0. The van der Waals surface area contributed by atoms with Gasteiger partial charge in [-0.25, -0.2) is 4.39 Å². The first kappa shape index (κ1) is 16.2. The van der Waals surface area contributed by atoms with E-state index in [0.717, 1.165) is 5.56 Å². The summed E-state index contributed by atoms with van der Waals surface area (Å²) in [5.74, 6) is -0.995. The average molecular weight is 314 g/mol. The molecule has 0 aromatic heterocycles. The van der Waals surface area contributed by atoms with Gasteiger partial charge in [0.15, 0.2) is 6.61 Å². The number of hydrogen-bond donors (Lipinski definition) is 2. The van der Waals surface area contributed by atoms with Crippen molar-refractivity contribution in [3.8, 4) is 5.75 Å². The van der Waals surface area contributed by atoms with Crippen LogP contribution < -0.4 is 15.8 Å². The van der Waals surface area contributed by atoms with E-state index in [2.05, 4.69) is 5.32 Å². The van der Waals surface area contributed by atoms with E-state index < -0.39 is 17.6 Å². The van der Waals surface area contributed by atoms with Crippen molar-refractivity contribution in [3.05, 3.63) is 66.0 Å². The molecule has 0 unspecified atom stereocenters. The number of carbonyl (C=O) groups is 2. The predicted octanol–water partition coefficient (Wildman–Crippen LogP) is 2.34. The molecule has 0 saturated heterocycles. The fourth-order valence-electron chi connectivity index (χ4n) is 1.74. The van der Waals surface area contributed by atoms with Gasteiger partial charge in [-0.15, -0.1) is 0 Å². The highest BCUT2D eigenvalue weighted by molar-refractivity contribution is 6.01. The molecule has 2 rings (SSSR count). The quantitative estimate of drug-likeness (QED) is 0.803. The molecule has 0 aliphatic rings. The van der Waals surface area contributed by atoms with Crippen molar-refractivity contribution >= 4 is 23.6 Å². The minimum atomic E-state index is -0.557. The zero-order valence-electron chi connectivity index (χ0n) is 12.2. The van der Waals surface area contributed by atoms with Gasteiger partial charge < -0.3 is 15.8 Å². The van der Waals surface area contributed by atoms with Crippen molar-refractivity contribution in [2.45, 2.75) is 0 Å². The maximum Gasteiger partial charge on any atom is 0.255 e. The van der Waals surface area contributed by atoms with Gasteiger partial charge in [0.1, 0.15) is 11.6 Å². The van der Waals surface area contributed by atoms with E-state index in [1.165, 1.54) is 18.2 Å². The topological polar surface area (TPSA) is 81.4 Å². The maximum absolute atomic E-state index is 13.4. The van der Waals surface area contributed by atoms with E-state index in [9.17, 15) is 14.0 Å². The molecular formula is C17H15FN2O3. The van der Waals surface area contributed by atoms with Crippen LogP contribution in [0.2, 0.25) is 0 Å². The Kier molecular flexibility index (Phi) is 5.46. The number of amides is 2. The maximum atomic E-state index is 13.4. The largest absolute Gasteiger partial charge is 0.484 e. The Morgan fingerprint density at radius 1 is 1.13 bits per heavy atom. The minimum absolute atomic E-state index is 0.123. The first-order valence-corrected chi connectivity index (χ1v) is 6.79. The van der Waals surface area contributed by atoms with Gasteiger partial charge in [0.25, 0.3) is 5.91 Å². The molecule has 0 bridgehead atoms. The third kappa shape index (κ3) is 5.28. The standard InChI is InChI=1S/C17H15FN2O3/c18-14-3-1-2-4-15(14)20-17(22)10-7-12-5-8-13(9-6-12)23-11-16(19)21/h1-10H,11H2,(H2,19,21)(H,20,22)/b10-7+. The summed E-state index contributed by atoms with van der Waals surface area (Å²) in [6.45, 7) is -0.194. The number of anilines is 1. The highest BCUT2D eigenvalue weighted by Gasteiger charge is 2.03. The Bertz CT molecular complexity index is 727. The van der Waals surface area contributed by atoms with Gasteiger partial charge in [-0.1, -0.05) is 24.3 Å². The highest BCUT2D eigenvalue weighted by atomic mass is 19.1. The fraction of sp³-hybridized carbons (Fsp3) is 0.0588. The van der Waals surface area contributed by atoms with Crippen LogP contribution in [0.3, 0.4) is 0 Å². The number of primary amides is 1. The second-order valence-corrected chi connectivity index (χ2v) is 4.63. The van der Waals surface area contributed by atoms with Crippen molar-refractivity contribution in [3.63, 3.8) is 0 Å². The van der Waals surface area contributed by atoms with Crippen LogP contribution >= 0.6 is 0 Å². The normalized spacial score (nSPS) is 10.5. The van der Waals surface area contributed by atoms with Gasteiger partial charge in [-0.3, -0.25) is 9.59 Å². The van der Waals surface area contributed by atoms with Crippen molar-refractivity contribution in [1.29, 1.82) is 0 Å². The van der Waals surface area contributed by atoms with E-state index in [1.807, 2.05) is 0 Å². The number of ether oxygens (including phenoxy) is 1. The minimum Gasteiger partial charge on any atom is -0.484 e. The van der Waals surface area contributed by atoms with Crippen LogP contribution in [-0.2, 0) is 9.59 Å². The second-order valence-electron chi connectivity index (χ2n) is 4.63. The SMILES string of the molecule is NC(=O)COc1ccc(/C=C/C(=O)Nc2ccccc2F)cc1. The first-order valence-electron chi connectivity index (χ1n) is 6.79. The van der Waals surface area contributed by atoms with Crippen molar-refractivity contribution < 1.29 is 18.7 Å². The van der Waals surface area contributed by atoms with Crippen LogP contribution in [0.5, 0.6) is 5.75 Å². The molecule has 0 radical (unpaired) electrons. The van der Waals surface area contributed by atoms with Crippen molar-refractivity contribution in [2.24, 2.45) is 5.73 Å². The molecule has 5 nitrogen and oxygen atoms in total. The van der Waals surface area contributed by atoms with Crippen LogP contribution in [0.25, 0.3) is 6.08 Å². The molecular weight excluding hydrogens is 299 g/mol.